The van der Waals surface area contributed by atoms with E-state index in [2.05, 4.69) is 28.3 Å². The van der Waals surface area contributed by atoms with Gasteiger partial charge in [0.1, 0.15) is 5.54 Å². The van der Waals surface area contributed by atoms with Crippen molar-refractivity contribution in [2.45, 2.75) is 57.4 Å². The third-order valence-electron chi connectivity index (χ3n) is 3.84. The lowest BCUT2D eigenvalue weighted by atomic mass is 9.90. The largest absolute Gasteiger partial charge is 0.299 e. The van der Waals surface area contributed by atoms with Crippen LogP contribution in [0.1, 0.15) is 51.9 Å². The van der Waals surface area contributed by atoms with E-state index in [1.165, 1.54) is 19.3 Å². The van der Waals surface area contributed by atoms with Gasteiger partial charge in [0.05, 0.1) is 6.07 Å². The molecule has 1 N–H and O–H groups in total. The fourth-order valence-electron chi connectivity index (χ4n) is 2.83. The van der Waals surface area contributed by atoms with Gasteiger partial charge in [-0.05, 0) is 30.7 Å². The van der Waals surface area contributed by atoms with Crippen LogP contribution in [0.25, 0.3) is 10.4 Å². The van der Waals surface area contributed by atoms with Crippen molar-refractivity contribution >= 4 is 0 Å². The van der Waals surface area contributed by atoms with Crippen LogP contribution in [-0.4, -0.2) is 18.6 Å². The van der Waals surface area contributed by atoms with Crippen molar-refractivity contribution in [3.8, 4) is 6.07 Å². The van der Waals surface area contributed by atoms with E-state index in [1.54, 1.807) is 0 Å². The van der Waals surface area contributed by atoms with Gasteiger partial charge in [0.15, 0.2) is 0 Å². The van der Waals surface area contributed by atoms with Crippen LogP contribution < -0.4 is 5.32 Å². The molecule has 1 saturated carbocycles. The van der Waals surface area contributed by atoms with E-state index in [9.17, 15) is 5.26 Å². The van der Waals surface area contributed by atoms with Crippen molar-refractivity contribution in [1.82, 2.24) is 5.32 Å². The molecule has 0 spiro atoms. The Hall–Kier alpha value is -1.24. The van der Waals surface area contributed by atoms with Crippen molar-refractivity contribution in [2.24, 2.45) is 11.0 Å². The van der Waals surface area contributed by atoms with Crippen LogP contribution in [0.15, 0.2) is 5.11 Å². The van der Waals surface area contributed by atoms with E-state index in [0.717, 1.165) is 31.6 Å². The molecule has 0 radical (unpaired) electrons. The third-order valence-corrected chi connectivity index (χ3v) is 3.84. The molecule has 0 aromatic heterocycles. The molecule has 0 aromatic rings. The van der Waals surface area contributed by atoms with Crippen LogP contribution in [0.3, 0.4) is 0 Å². The monoisotopic (exact) mass is 249 g/mol. The quantitative estimate of drug-likeness (QED) is 0.257. The lowest BCUT2D eigenvalue weighted by Crippen LogP contribution is -2.44. The third kappa shape index (κ3) is 4.56. The number of rotatable bonds is 6. The first-order chi connectivity index (χ1) is 8.76. The molecule has 0 amide bonds. The number of hydrogen-bond acceptors (Lipinski definition) is 3. The molecule has 5 heteroatoms. The summed E-state index contributed by atoms with van der Waals surface area (Å²) in [4.78, 5) is 2.72. The zero-order valence-electron chi connectivity index (χ0n) is 11.2. The van der Waals surface area contributed by atoms with Gasteiger partial charge >= 0.3 is 0 Å². The highest BCUT2D eigenvalue weighted by molar-refractivity contribution is 5.08. The van der Waals surface area contributed by atoms with E-state index in [4.69, 9.17) is 5.53 Å². The average molecular weight is 249 g/mol. The van der Waals surface area contributed by atoms with Crippen molar-refractivity contribution in [1.29, 1.82) is 5.26 Å². The Morgan fingerprint density at radius 3 is 3.00 bits per heavy atom. The van der Waals surface area contributed by atoms with E-state index in [1.807, 2.05) is 0 Å². The summed E-state index contributed by atoms with van der Waals surface area (Å²) in [5.74, 6) is 0.782. The second-order valence-corrected chi connectivity index (χ2v) is 5.16. The Balaban J connectivity index is 2.48. The van der Waals surface area contributed by atoms with Gasteiger partial charge in [-0.15, -0.1) is 0 Å². The normalized spacial score (nSPS) is 27.9. The van der Waals surface area contributed by atoms with Crippen molar-refractivity contribution in [2.75, 3.05) is 13.1 Å². The zero-order chi connectivity index (χ0) is 13.3. The predicted octanol–water partition coefficient (Wildman–Crippen LogP) is 3.53. The SMILES string of the molecule is CCCC1CCCC(C#N)(NCCN=[N+]=[N-])CC1. The molecule has 1 aliphatic carbocycles. The Bertz CT molecular complexity index is 329. The standard InChI is InChI=1S/C13H23N5/c1-2-4-12-5-3-7-13(11-14,8-6-12)16-9-10-17-18-15/h12,16H,2-10H2,1H3. The smallest absolute Gasteiger partial charge is 0.106 e. The first kappa shape index (κ1) is 14.8. The molecule has 100 valence electrons. The molecule has 18 heavy (non-hydrogen) atoms. The first-order valence-corrected chi connectivity index (χ1v) is 6.93. The van der Waals surface area contributed by atoms with E-state index in [0.29, 0.717) is 13.1 Å². The summed E-state index contributed by atoms with van der Waals surface area (Å²) in [7, 11) is 0. The number of nitrogens with zero attached hydrogens (tertiary/aromatic N) is 4. The molecule has 2 unspecified atom stereocenters. The Morgan fingerprint density at radius 1 is 1.50 bits per heavy atom. The minimum atomic E-state index is -0.395. The summed E-state index contributed by atoms with van der Waals surface area (Å²) < 4.78 is 0. The van der Waals surface area contributed by atoms with Gasteiger partial charge in [0.25, 0.3) is 0 Å². The topological polar surface area (TPSA) is 84.6 Å². The maximum Gasteiger partial charge on any atom is 0.106 e. The van der Waals surface area contributed by atoms with Crippen LogP contribution in [0.4, 0.5) is 0 Å². The van der Waals surface area contributed by atoms with Crippen LogP contribution in [0.5, 0.6) is 0 Å². The summed E-state index contributed by atoms with van der Waals surface area (Å²) in [6, 6.07) is 2.45. The Labute approximate surface area is 109 Å². The van der Waals surface area contributed by atoms with Crippen LogP contribution in [0.2, 0.25) is 0 Å². The molecular weight excluding hydrogens is 226 g/mol. The molecule has 0 heterocycles. The first-order valence-electron chi connectivity index (χ1n) is 6.93. The molecule has 0 saturated heterocycles. The molecule has 0 bridgehead atoms. The molecule has 1 fully saturated rings. The highest BCUT2D eigenvalue weighted by Crippen LogP contribution is 2.32. The van der Waals surface area contributed by atoms with Gasteiger partial charge in [-0.1, -0.05) is 37.7 Å². The van der Waals surface area contributed by atoms with Crippen molar-refractivity contribution in [3.05, 3.63) is 10.4 Å². The van der Waals surface area contributed by atoms with E-state index >= 15 is 0 Å². The molecule has 0 aromatic carbocycles. The maximum atomic E-state index is 9.42. The second-order valence-electron chi connectivity index (χ2n) is 5.16. The fourth-order valence-corrected chi connectivity index (χ4v) is 2.83. The van der Waals surface area contributed by atoms with Crippen LogP contribution in [-0.2, 0) is 0 Å². The van der Waals surface area contributed by atoms with Gasteiger partial charge in [-0.25, -0.2) is 0 Å². The molecular formula is C13H23N5. The Morgan fingerprint density at radius 2 is 2.33 bits per heavy atom. The molecule has 1 aliphatic rings. The summed E-state index contributed by atoms with van der Waals surface area (Å²) in [5.41, 5.74) is 7.83. The molecule has 0 aliphatic heterocycles. The number of azide groups is 1. The van der Waals surface area contributed by atoms with Crippen LogP contribution >= 0.6 is 0 Å². The number of hydrogen-bond donors (Lipinski definition) is 1. The number of nitrogens with one attached hydrogen (secondary N) is 1. The van der Waals surface area contributed by atoms with Crippen molar-refractivity contribution in [3.63, 3.8) is 0 Å². The highest BCUT2D eigenvalue weighted by Gasteiger charge is 2.32. The summed E-state index contributed by atoms with van der Waals surface area (Å²) in [5, 5.41) is 16.2. The van der Waals surface area contributed by atoms with Gasteiger partial charge in [0, 0.05) is 18.0 Å². The summed E-state index contributed by atoms with van der Waals surface area (Å²) in [6.45, 7) is 3.23. The van der Waals surface area contributed by atoms with Crippen LogP contribution in [0, 0.1) is 17.2 Å². The summed E-state index contributed by atoms with van der Waals surface area (Å²) in [6.07, 6.45) is 7.84. The van der Waals surface area contributed by atoms with Gasteiger partial charge in [-0.2, -0.15) is 5.26 Å². The number of nitriles is 1. The van der Waals surface area contributed by atoms with Gasteiger partial charge in [-0.3, -0.25) is 5.32 Å². The second kappa shape index (κ2) is 7.97. The predicted molar refractivity (Wildman–Crippen MR) is 71.8 cm³/mol. The lowest BCUT2D eigenvalue weighted by molar-refractivity contribution is 0.357. The van der Waals surface area contributed by atoms with Gasteiger partial charge in [0.2, 0.25) is 0 Å². The molecule has 2 atom stereocenters. The zero-order valence-corrected chi connectivity index (χ0v) is 11.2. The minimum Gasteiger partial charge on any atom is -0.299 e. The molecule has 5 nitrogen and oxygen atoms in total. The summed E-state index contributed by atoms with van der Waals surface area (Å²) >= 11 is 0. The fraction of sp³-hybridized carbons (Fsp3) is 0.923. The minimum absolute atomic E-state index is 0.395. The Kier molecular flexibility index (Phi) is 6.56. The highest BCUT2D eigenvalue weighted by atomic mass is 15.1. The van der Waals surface area contributed by atoms with E-state index < -0.39 is 5.54 Å². The van der Waals surface area contributed by atoms with E-state index in [-0.39, 0.29) is 0 Å². The maximum absolute atomic E-state index is 9.42. The lowest BCUT2D eigenvalue weighted by Gasteiger charge is -2.26. The van der Waals surface area contributed by atoms with Crippen molar-refractivity contribution < 1.29 is 0 Å². The molecule has 1 rings (SSSR count). The van der Waals surface area contributed by atoms with Gasteiger partial charge < -0.3 is 0 Å². The average Bonchev–Trinajstić information content (AvgIpc) is 2.59.